The Hall–Kier alpha value is 0.257. The highest BCUT2D eigenvalue weighted by molar-refractivity contribution is 8.04. The average molecular weight is 114 g/mol. The van der Waals surface area contributed by atoms with Crippen LogP contribution in [0.4, 0.5) is 4.11 Å². The van der Waals surface area contributed by atoms with Crippen molar-refractivity contribution in [1.82, 2.24) is 0 Å². The van der Waals surface area contributed by atoms with Crippen molar-refractivity contribution >= 4 is 19.5 Å². The van der Waals surface area contributed by atoms with Gasteiger partial charge in [-0.2, -0.15) is 0 Å². The minimum atomic E-state index is -2.12. The van der Waals surface area contributed by atoms with Crippen LogP contribution in [-0.4, -0.2) is 17.8 Å². The van der Waals surface area contributed by atoms with E-state index in [0.717, 1.165) is 0 Å². The van der Waals surface area contributed by atoms with Crippen LogP contribution >= 0.6 is 0 Å². The van der Waals surface area contributed by atoms with Crippen LogP contribution in [-0.2, 0) is 10.5 Å². The Bertz CT molecular complexity index is 44.9. The molecule has 5 heteroatoms. The molecule has 0 aromatic heterocycles. The topological polar surface area (TPSA) is 37.3 Å². The number of halogens is 1. The molecule has 5 heavy (non-hydrogen) atoms. The second kappa shape index (κ2) is 2.49. The van der Waals surface area contributed by atoms with Gasteiger partial charge in [0.05, 0.1) is 0 Å². The van der Waals surface area contributed by atoms with Crippen molar-refractivity contribution < 1.29 is 12.9 Å². The molecule has 1 atom stereocenters. The minimum Gasteiger partial charge on any atom is -0.310 e. The first kappa shape index (κ1) is 5.26. The lowest BCUT2D eigenvalue weighted by Gasteiger charge is -1.69. The third-order valence-electron chi connectivity index (χ3n) is 0.0933. The van der Waals surface area contributed by atoms with Crippen LogP contribution in [0.25, 0.3) is 0 Å². The lowest BCUT2D eigenvalue weighted by Crippen LogP contribution is -1.88. The summed E-state index contributed by atoms with van der Waals surface area (Å²) in [6.07, 6.45) is 0. The van der Waals surface area contributed by atoms with Gasteiger partial charge in [-0.05, 0) is 0 Å². The SMILES string of the molecule is O=S(O)[SiH2]F. The first-order valence-electron chi connectivity index (χ1n) is 0.905. The van der Waals surface area contributed by atoms with Gasteiger partial charge in [0.1, 0.15) is 10.5 Å². The molecule has 0 radical (unpaired) electrons. The Morgan fingerprint density at radius 2 is 2.20 bits per heavy atom. The summed E-state index contributed by atoms with van der Waals surface area (Å²) in [4.78, 5) is 0. The predicted octanol–water partition coefficient (Wildman–Crippen LogP) is -0.824. The standard InChI is InChI=1S/FH3O2SSi/c1-5-4(2)3/h5H2,(H,2,3). The fourth-order valence-corrected chi connectivity index (χ4v) is 0. The third-order valence-corrected chi connectivity index (χ3v) is 0.840. The third kappa shape index (κ3) is 4.26. The fraction of sp³-hybridized carbons (Fsp3) is 0. The average Bonchev–Trinajstić information content (AvgIpc) is 1.38. The van der Waals surface area contributed by atoms with E-state index in [2.05, 4.69) is 0 Å². The maximum atomic E-state index is 10.7. The fourth-order valence-electron chi connectivity index (χ4n) is 0. The molecule has 0 aromatic rings. The van der Waals surface area contributed by atoms with Crippen molar-refractivity contribution in [3.63, 3.8) is 0 Å². The van der Waals surface area contributed by atoms with Crippen molar-refractivity contribution in [1.29, 1.82) is 0 Å². The van der Waals surface area contributed by atoms with Gasteiger partial charge in [0.25, 0.3) is 0 Å². The van der Waals surface area contributed by atoms with Crippen LogP contribution in [0, 0.1) is 0 Å². The molecule has 0 aliphatic heterocycles. The molecule has 0 saturated carbocycles. The largest absolute Gasteiger partial charge is 0.346 e. The number of hydrogen-bond donors (Lipinski definition) is 1. The number of rotatable bonds is 1. The lowest BCUT2D eigenvalue weighted by molar-refractivity contribution is 0.576. The Morgan fingerprint density at radius 1 is 2.00 bits per heavy atom. The molecule has 1 unspecified atom stereocenters. The Balaban J connectivity index is 2.85. The highest BCUT2D eigenvalue weighted by Crippen LogP contribution is 1.63. The molecule has 2 nitrogen and oxygen atoms in total. The molecule has 0 amide bonds. The zero-order chi connectivity index (χ0) is 4.28. The Kier molecular flexibility index (Phi) is 2.62. The Morgan fingerprint density at radius 3 is 2.20 bits per heavy atom. The van der Waals surface area contributed by atoms with E-state index in [1.54, 1.807) is 0 Å². The van der Waals surface area contributed by atoms with E-state index >= 15 is 0 Å². The smallest absolute Gasteiger partial charge is 0.310 e. The molecule has 0 spiro atoms. The lowest BCUT2D eigenvalue weighted by atomic mass is 15.9. The molecule has 0 fully saturated rings. The predicted molar refractivity (Wildman–Crippen MR) is 20.4 cm³/mol. The highest BCUT2D eigenvalue weighted by Gasteiger charge is 1.84. The van der Waals surface area contributed by atoms with Crippen molar-refractivity contribution in [2.45, 2.75) is 0 Å². The normalized spacial score (nSPS) is 17.2. The molecule has 0 rings (SSSR count). The summed E-state index contributed by atoms with van der Waals surface area (Å²) in [7, 11) is -4.22. The van der Waals surface area contributed by atoms with Crippen LogP contribution < -0.4 is 0 Å². The minimum absolute atomic E-state index is 2.10. The van der Waals surface area contributed by atoms with E-state index in [1.165, 1.54) is 0 Å². The van der Waals surface area contributed by atoms with E-state index in [0.29, 0.717) is 0 Å². The molecule has 0 saturated heterocycles. The number of hydrogen-bond acceptors (Lipinski definition) is 1. The van der Waals surface area contributed by atoms with Gasteiger partial charge in [-0.25, -0.2) is 4.21 Å². The van der Waals surface area contributed by atoms with E-state index in [9.17, 15) is 4.11 Å². The van der Waals surface area contributed by atoms with Crippen LogP contribution in [0.1, 0.15) is 0 Å². The molecule has 1 N–H and O–H groups in total. The molecule has 0 bridgehead atoms. The monoisotopic (exact) mass is 114 g/mol. The van der Waals surface area contributed by atoms with Gasteiger partial charge in [0.2, 0.25) is 0 Å². The molecule has 0 heterocycles. The zero-order valence-corrected chi connectivity index (χ0v) is 4.58. The van der Waals surface area contributed by atoms with Crippen molar-refractivity contribution in [2.24, 2.45) is 0 Å². The van der Waals surface area contributed by atoms with Gasteiger partial charge >= 0.3 is 9.00 Å². The van der Waals surface area contributed by atoms with E-state index in [1.807, 2.05) is 0 Å². The molecular formula is H3FO2SSi. The van der Waals surface area contributed by atoms with E-state index in [4.69, 9.17) is 8.76 Å². The molecule has 32 valence electrons. The molecule has 0 aliphatic carbocycles. The first-order valence-corrected chi connectivity index (χ1v) is 4.45. The quantitative estimate of drug-likeness (QED) is 0.274. The highest BCUT2D eigenvalue weighted by atomic mass is 32.4. The van der Waals surface area contributed by atoms with Gasteiger partial charge in [0, 0.05) is 0 Å². The van der Waals surface area contributed by atoms with Gasteiger partial charge in [-0.1, -0.05) is 0 Å². The summed E-state index contributed by atoms with van der Waals surface area (Å²) in [6, 6.07) is 0. The summed E-state index contributed by atoms with van der Waals surface area (Å²) in [5.74, 6) is 0. The van der Waals surface area contributed by atoms with Gasteiger partial charge in [-0.3, -0.25) is 0 Å². The molecule has 0 aromatic carbocycles. The summed E-state index contributed by atoms with van der Waals surface area (Å²) in [5, 5.41) is 0. The second-order valence-corrected chi connectivity index (χ2v) is 3.43. The van der Waals surface area contributed by atoms with Crippen LogP contribution in [0.3, 0.4) is 0 Å². The summed E-state index contributed by atoms with van der Waals surface area (Å²) < 4.78 is 27.4. The molecular weight excluding hydrogens is 111 g/mol. The van der Waals surface area contributed by atoms with Crippen molar-refractivity contribution in [3.8, 4) is 0 Å². The second-order valence-electron chi connectivity index (χ2n) is 0.431. The van der Waals surface area contributed by atoms with Crippen LogP contribution in [0.2, 0.25) is 0 Å². The van der Waals surface area contributed by atoms with Crippen LogP contribution in [0.5, 0.6) is 0 Å². The van der Waals surface area contributed by atoms with Crippen LogP contribution in [0.15, 0.2) is 0 Å². The van der Waals surface area contributed by atoms with Crippen molar-refractivity contribution in [3.05, 3.63) is 0 Å². The summed E-state index contributed by atoms with van der Waals surface area (Å²) in [5.41, 5.74) is 0. The van der Waals surface area contributed by atoms with E-state index in [-0.39, 0.29) is 0 Å². The summed E-state index contributed by atoms with van der Waals surface area (Å²) in [6.45, 7) is 0. The maximum Gasteiger partial charge on any atom is 0.346 e. The Labute approximate surface area is 33.3 Å². The summed E-state index contributed by atoms with van der Waals surface area (Å²) >= 11 is 0. The van der Waals surface area contributed by atoms with Crippen molar-refractivity contribution in [2.75, 3.05) is 0 Å². The zero-order valence-electron chi connectivity index (χ0n) is 2.35. The van der Waals surface area contributed by atoms with Gasteiger partial charge in [0.15, 0.2) is 0 Å². The van der Waals surface area contributed by atoms with Gasteiger partial charge in [-0.15, -0.1) is 0 Å². The first-order chi connectivity index (χ1) is 2.27. The maximum absolute atomic E-state index is 10.7. The van der Waals surface area contributed by atoms with E-state index < -0.39 is 19.5 Å². The van der Waals surface area contributed by atoms with Gasteiger partial charge < -0.3 is 8.66 Å². The molecule has 0 aliphatic rings.